The quantitative estimate of drug-likeness (QED) is 0.387. The van der Waals surface area contributed by atoms with E-state index in [9.17, 15) is 32.6 Å². The van der Waals surface area contributed by atoms with E-state index in [2.05, 4.69) is 20.2 Å². The van der Waals surface area contributed by atoms with Crippen LogP contribution in [0.5, 0.6) is 0 Å². The van der Waals surface area contributed by atoms with E-state index in [1.807, 2.05) is 0 Å². The van der Waals surface area contributed by atoms with Gasteiger partial charge in [-0.3, -0.25) is 9.88 Å². The summed E-state index contributed by atoms with van der Waals surface area (Å²) in [5.41, 5.74) is 1.63. The highest BCUT2D eigenvalue weighted by Crippen LogP contribution is 2.34. The summed E-state index contributed by atoms with van der Waals surface area (Å²) < 4.78 is 38.8. The molecule has 0 saturated carbocycles. The molecule has 0 bridgehead atoms. The lowest BCUT2D eigenvalue weighted by atomic mass is 9.93. The van der Waals surface area contributed by atoms with E-state index < -0.39 is 27.8 Å². The second-order valence-electron chi connectivity index (χ2n) is 9.02. The molecule has 0 amide bonds. The molecule has 0 unspecified atom stereocenters. The number of benzene rings is 1. The van der Waals surface area contributed by atoms with E-state index in [1.165, 1.54) is 28.9 Å². The van der Waals surface area contributed by atoms with Crippen molar-refractivity contribution in [3.63, 3.8) is 0 Å². The van der Waals surface area contributed by atoms with Gasteiger partial charge in [-0.1, -0.05) is 0 Å². The predicted molar refractivity (Wildman–Crippen MR) is 138 cm³/mol. The summed E-state index contributed by atoms with van der Waals surface area (Å²) >= 11 is 0. The third-order valence-electron chi connectivity index (χ3n) is 6.23. The van der Waals surface area contributed by atoms with Gasteiger partial charge in [-0.2, -0.15) is 4.31 Å². The Kier molecular flexibility index (Phi) is 7.71. The fourth-order valence-corrected chi connectivity index (χ4v) is 5.16. The van der Waals surface area contributed by atoms with Crippen LogP contribution >= 0.6 is 0 Å². The summed E-state index contributed by atoms with van der Waals surface area (Å²) in [4.78, 5) is 34.1. The van der Waals surface area contributed by atoms with E-state index >= 15 is 0 Å². The molecule has 200 valence electrons. The fourth-order valence-electron chi connectivity index (χ4n) is 4.33. The van der Waals surface area contributed by atoms with Crippen LogP contribution in [0, 0.1) is 12.7 Å². The third kappa shape index (κ3) is 6.13. The number of carbonyl (C=O) groups is 2. The van der Waals surface area contributed by atoms with Gasteiger partial charge in [0.25, 0.3) is 0 Å². The molecule has 1 aliphatic heterocycles. The van der Waals surface area contributed by atoms with Gasteiger partial charge in [0.05, 0.1) is 35.5 Å². The lowest BCUT2D eigenvalue weighted by Crippen LogP contribution is -2.47. The fraction of sp³-hybridized carbons (Fsp3) is 0.280. The largest absolute Gasteiger partial charge is 0.478 e. The first-order chi connectivity index (χ1) is 17.9. The van der Waals surface area contributed by atoms with Crippen LogP contribution in [0.25, 0.3) is 11.1 Å². The second-order valence-corrected chi connectivity index (χ2v) is 11.0. The molecule has 0 spiro atoms. The molecule has 11 nitrogen and oxygen atoms in total. The van der Waals surface area contributed by atoms with Crippen molar-refractivity contribution in [2.24, 2.45) is 0 Å². The maximum Gasteiger partial charge on any atom is 0.336 e. The summed E-state index contributed by atoms with van der Waals surface area (Å²) in [6.07, 6.45) is 5.21. The maximum absolute atomic E-state index is 13.8. The lowest BCUT2D eigenvalue weighted by molar-refractivity contribution is 0.0695. The average molecular weight is 544 g/mol. The average Bonchev–Trinajstić information content (AvgIpc) is 2.84. The zero-order chi connectivity index (χ0) is 27.6. The second kappa shape index (κ2) is 10.8. The lowest BCUT2D eigenvalue weighted by Gasteiger charge is -2.33. The van der Waals surface area contributed by atoms with Gasteiger partial charge in [0.2, 0.25) is 10.0 Å². The number of carboxylic acids is 2. The van der Waals surface area contributed by atoms with Gasteiger partial charge in [0.1, 0.15) is 11.6 Å². The first-order valence-corrected chi connectivity index (χ1v) is 13.4. The van der Waals surface area contributed by atoms with Crippen LogP contribution < -0.4 is 5.32 Å². The van der Waals surface area contributed by atoms with Crippen molar-refractivity contribution < 1.29 is 32.6 Å². The van der Waals surface area contributed by atoms with Gasteiger partial charge < -0.3 is 15.5 Å². The van der Waals surface area contributed by atoms with Crippen LogP contribution in [0.15, 0.2) is 42.9 Å². The first-order valence-electron chi connectivity index (χ1n) is 11.6. The molecule has 0 atom stereocenters. The van der Waals surface area contributed by atoms with Crippen molar-refractivity contribution in [2.75, 3.05) is 37.8 Å². The number of aromatic carboxylic acids is 2. The highest BCUT2D eigenvalue weighted by Gasteiger charge is 2.25. The number of aromatic nitrogens is 2. The van der Waals surface area contributed by atoms with Crippen LogP contribution in [0.1, 0.15) is 31.8 Å². The number of hydrogen-bond acceptors (Lipinski definition) is 8. The number of nitrogens with one attached hydrogen (secondary N) is 1. The minimum Gasteiger partial charge on any atom is -0.478 e. The van der Waals surface area contributed by atoms with Crippen LogP contribution in [-0.4, -0.2) is 82.2 Å². The van der Waals surface area contributed by atoms with Crippen LogP contribution in [-0.2, 0) is 16.6 Å². The topological polar surface area (TPSA) is 153 Å². The van der Waals surface area contributed by atoms with Gasteiger partial charge in [-0.25, -0.2) is 27.4 Å². The molecular formula is C25H26FN5O6S. The van der Waals surface area contributed by atoms with E-state index in [0.29, 0.717) is 49.5 Å². The van der Waals surface area contributed by atoms with Crippen LogP contribution in [0.3, 0.4) is 0 Å². The number of aryl methyl sites for hydroxylation is 1. The Bertz CT molecular complexity index is 1510. The predicted octanol–water partition coefficient (Wildman–Crippen LogP) is 2.81. The molecule has 13 heteroatoms. The van der Waals surface area contributed by atoms with E-state index in [1.54, 1.807) is 19.2 Å². The number of pyridine rings is 2. The standard InChI is InChI=1S/C25H26FN5O6S/c1-15-7-20(22(25(34)35)10-19(15)24(32)33)21-8-16(14-30-3-5-31(6-4-30)38(2,36)37)11-28-23(21)29-18-9-17(26)12-27-13-18/h7-13H,3-6,14H2,1-2H3,(H,28,29)(H,32,33)(H,34,35). The van der Waals surface area contributed by atoms with E-state index in [-0.39, 0.29) is 22.5 Å². The van der Waals surface area contributed by atoms with Crippen molar-refractivity contribution in [1.82, 2.24) is 19.2 Å². The summed E-state index contributed by atoms with van der Waals surface area (Å²) in [6.45, 7) is 3.71. The Morgan fingerprint density at radius 1 is 0.974 bits per heavy atom. The Labute approximate surface area is 218 Å². The van der Waals surface area contributed by atoms with Crippen molar-refractivity contribution in [2.45, 2.75) is 13.5 Å². The SMILES string of the molecule is Cc1cc(-c2cc(CN3CCN(S(C)(=O)=O)CC3)cnc2Nc2cncc(F)c2)c(C(=O)O)cc1C(=O)O. The first kappa shape index (κ1) is 27.1. The normalized spacial score (nSPS) is 14.8. The molecule has 1 aromatic carbocycles. The van der Waals surface area contributed by atoms with Crippen LogP contribution in [0.2, 0.25) is 0 Å². The van der Waals surface area contributed by atoms with Gasteiger partial charge in [-0.05, 0) is 36.2 Å². The molecule has 1 aliphatic rings. The molecule has 3 N–H and O–H groups in total. The summed E-state index contributed by atoms with van der Waals surface area (Å²) in [7, 11) is -3.27. The highest BCUT2D eigenvalue weighted by molar-refractivity contribution is 7.88. The van der Waals surface area contributed by atoms with Crippen molar-refractivity contribution in [1.29, 1.82) is 0 Å². The minimum atomic E-state index is -3.27. The molecule has 3 heterocycles. The Morgan fingerprint density at radius 3 is 2.26 bits per heavy atom. The summed E-state index contributed by atoms with van der Waals surface area (Å²) in [5.74, 6) is -2.91. The van der Waals surface area contributed by atoms with Crippen molar-refractivity contribution in [3.8, 4) is 11.1 Å². The number of hydrogen-bond donors (Lipinski definition) is 3. The van der Waals surface area contributed by atoms with Gasteiger partial charge >= 0.3 is 11.9 Å². The number of nitrogens with zero attached hydrogens (tertiary/aromatic N) is 4. The highest BCUT2D eigenvalue weighted by atomic mass is 32.2. The summed E-state index contributed by atoms with van der Waals surface area (Å²) in [6, 6.07) is 5.55. The van der Waals surface area contributed by atoms with E-state index in [4.69, 9.17) is 0 Å². The molecule has 1 fully saturated rings. The summed E-state index contributed by atoms with van der Waals surface area (Å²) in [5, 5.41) is 22.4. The number of carboxylic acid groups (broad SMARTS) is 2. The van der Waals surface area contributed by atoms with Gasteiger partial charge in [-0.15, -0.1) is 0 Å². The van der Waals surface area contributed by atoms with Crippen LogP contribution in [0.4, 0.5) is 15.9 Å². The number of anilines is 2. The zero-order valence-electron chi connectivity index (χ0n) is 20.7. The maximum atomic E-state index is 13.8. The molecule has 1 saturated heterocycles. The number of sulfonamides is 1. The van der Waals surface area contributed by atoms with Gasteiger partial charge in [0.15, 0.2) is 0 Å². The molecule has 0 aliphatic carbocycles. The molecule has 0 radical (unpaired) electrons. The molecule has 3 aromatic rings. The molecule has 38 heavy (non-hydrogen) atoms. The Balaban J connectivity index is 1.75. The molecular weight excluding hydrogens is 517 g/mol. The zero-order valence-corrected chi connectivity index (χ0v) is 21.5. The van der Waals surface area contributed by atoms with E-state index in [0.717, 1.165) is 17.8 Å². The number of piperazine rings is 1. The van der Waals surface area contributed by atoms with Crippen molar-refractivity contribution >= 4 is 33.5 Å². The smallest absolute Gasteiger partial charge is 0.336 e. The Hall–Kier alpha value is -3.94. The van der Waals surface area contributed by atoms with Crippen molar-refractivity contribution in [3.05, 3.63) is 70.9 Å². The molecule has 4 rings (SSSR count). The third-order valence-corrected chi connectivity index (χ3v) is 7.54. The minimum absolute atomic E-state index is 0.136. The monoisotopic (exact) mass is 543 g/mol. The van der Waals surface area contributed by atoms with Gasteiger partial charge in [0, 0.05) is 56.1 Å². The molecule has 2 aromatic heterocycles. The number of rotatable bonds is 8. The number of halogens is 1. The Morgan fingerprint density at radius 2 is 1.66 bits per heavy atom.